The van der Waals surface area contributed by atoms with Gasteiger partial charge in [-0.05, 0) is 42.0 Å². The number of hydrogen-bond donors (Lipinski definition) is 2. The molecule has 6 heteroatoms. The first kappa shape index (κ1) is 19.0. The molecule has 0 radical (unpaired) electrons. The number of methoxy groups -OCH3 is 1. The van der Waals surface area contributed by atoms with E-state index in [2.05, 4.69) is 10.3 Å². The Kier molecular flexibility index (Phi) is 6.25. The number of phenols is 1. The molecular weight excluding hydrogens is 356 g/mol. The molecule has 2 N–H and O–H groups in total. The monoisotopic (exact) mass is 376 g/mol. The normalized spacial score (nSPS) is 10.6. The number of aromatic hydroxyl groups is 1. The van der Waals surface area contributed by atoms with Gasteiger partial charge in [-0.1, -0.05) is 24.3 Å². The molecule has 0 fully saturated rings. The number of pyridine rings is 1. The Morgan fingerprint density at radius 3 is 2.68 bits per heavy atom. The lowest BCUT2D eigenvalue weighted by Gasteiger charge is -2.11. The quantitative estimate of drug-likeness (QED) is 0.609. The largest absolute Gasteiger partial charge is 0.504 e. The molecule has 0 bridgehead atoms. The Bertz CT molecular complexity index is 971. The van der Waals surface area contributed by atoms with Crippen molar-refractivity contribution in [3.63, 3.8) is 0 Å². The number of anilines is 1. The maximum absolute atomic E-state index is 12.3. The Morgan fingerprint density at radius 1 is 1.14 bits per heavy atom. The zero-order valence-electron chi connectivity index (χ0n) is 15.3. The minimum Gasteiger partial charge on any atom is -0.504 e. The van der Waals surface area contributed by atoms with E-state index in [0.29, 0.717) is 29.4 Å². The van der Waals surface area contributed by atoms with Gasteiger partial charge in [0.15, 0.2) is 11.5 Å². The zero-order valence-corrected chi connectivity index (χ0v) is 15.3. The number of ether oxygens (including phenoxy) is 2. The van der Waals surface area contributed by atoms with Crippen LogP contribution in [-0.4, -0.2) is 23.1 Å². The number of benzene rings is 2. The minimum atomic E-state index is -0.285. The van der Waals surface area contributed by atoms with E-state index in [1.807, 2.05) is 24.3 Å². The summed E-state index contributed by atoms with van der Waals surface area (Å²) >= 11 is 0. The van der Waals surface area contributed by atoms with Crippen LogP contribution in [0, 0.1) is 0 Å². The lowest BCUT2D eigenvalue weighted by molar-refractivity contribution is -0.111. The molecule has 0 aliphatic heterocycles. The average Bonchev–Trinajstić information content (AvgIpc) is 2.72. The van der Waals surface area contributed by atoms with Gasteiger partial charge in [0.1, 0.15) is 12.4 Å². The topological polar surface area (TPSA) is 80.7 Å². The van der Waals surface area contributed by atoms with Gasteiger partial charge < -0.3 is 19.9 Å². The maximum Gasteiger partial charge on any atom is 0.248 e. The van der Waals surface area contributed by atoms with Crippen LogP contribution in [0.3, 0.4) is 0 Å². The maximum atomic E-state index is 12.3. The van der Waals surface area contributed by atoms with Crippen molar-refractivity contribution in [2.45, 2.75) is 6.61 Å². The fraction of sp³-hybridized carbons (Fsp3) is 0.0909. The van der Waals surface area contributed by atoms with Gasteiger partial charge in [0.25, 0.3) is 0 Å². The average molecular weight is 376 g/mol. The standard InChI is InChI=1S/C22H20N2O4/c1-27-21-8-6-16(14-20(21)25)7-9-22(26)24-19-5-3-2-4-17(19)15-28-18-10-12-23-13-11-18/h2-14,25H,15H2,1H3,(H,24,26)/b9-7+. The van der Waals surface area contributed by atoms with Crippen LogP contribution in [-0.2, 0) is 11.4 Å². The number of phenolic OH excluding ortho intramolecular Hbond substituents is 1. The lowest BCUT2D eigenvalue weighted by atomic mass is 10.1. The molecule has 1 heterocycles. The van der Waals surface area contributed by atoms with Gasteiger partial charge in [-0.3, -0.25) is 9.78 Å². The van der Waals surface area contributed by atoms with Crippen molar-refractivity contribution in [1.82, 2.24) is 4.98 Å². The van der Waals surface area contributed by atoms with Crippen LogP contribution >= 0.6 is 0 Å². The van der Waals surface area contributed by atoms with E-state index in [1.54, 1.807) is 42.7 Å². The third-order valence-corrected chi connectivity index (χ3v) is 3.95. The van der Waals surface area contributed by atoms with Crippen molar-refractivity contribution in [2.75, 3.05) is 12.4 Å². The van der Waals surface area contributed by atoms with E-state index in [0.717, 1.165) is 5.56 Å². The number of hydrogen-bond acceptors (Lipinski definition) is 5. The third-order valence-electron chi connectivity index (χ3n) is 3.95. The fourth-order valence-electron chi connectivity index (χ4n) is 2.52. The predicted molar refractivity (Wildman–Crippen MR) is 107 cm³/mol. The summed E-state index contributed by atoms with van der Waals surface area (Å²) in [7, 11) is 1.48. The number of nitrogens with one attached hydrogen (secondary N) is 1. The molecule has 0 saturated heterocycles. The Labute approximate surface area is 163 Å². The van der Waals surface area contributed by atoms with Crippen molar-refractivity contribution < 1.29 is 19.4 Å². The van der Waals surface area contributed by atoms with Crippen molar-refractivity contribution >= 4 is 17.7 Å². The Hall–Kier alpha value is -3.80. The lowest BCUT2D eigenvalue weighted by Crippen LogP contribution is -2.10. The molecule has 0 unspecified atom stereocenters. The summed E-state index contributed by atoms with van der Waals surface area (Å²) in [5.41, 5.74) is 2.20. The van der Waals surface area contributed by atoms with Crippen molar-refractivity contribution in [3.05, 3.63) is 84.2 Å². The minimum absolute atomic E-state index is 0.0173. The van der Waals surface area contributed by atoms with E-state index in [-0.39, 0.29) is 11.7 Å². The third kappa shape index (κ3) is 5.11. The fourth-order valence-corrected chi connectivity index (χ4v) is 2.52. The van der Waals surface area contributed by atoms with Crippen molar-refractivity contribution in [1.29, 1.82) is 0 Å². The smallest absolute Gasteiger partial charge is 0.248 e. The van der Waals surface area contributed by atoms with E-state index in [9.17, 15) is 9.90 Å². The van der Waals surface area contributed by atoms with Gasteiger partial charge in [-0.2, -0.15) is 0 Å². The summed E-state index contributed by atoms with van der Waals surface area (Å²) in [5.74, 6) is 0.815. The van der Waals surface area contributed by atoms with E-state index in [4.69, 9.17) is 9.47 Å². The number of nitrogens with zero attached hydrogens (tertiary/aromatic N) is 1. The molecule has 3 rings (SSSR count). The second-order valence-corrected chi connectivity index (χ2v) is 5.88. The molecule has 1 amide bonds. The highest BCUT2D eigenvalue weighted by Gasteiger charge is 2.06. The first-order chi connectivity index (χ1) is 13.7. The molecular formula is C22H20N2O4. The molecule has 0 aliphatic carbocycles. The molecule has 6 nitrogen and oxygen atoms in total. The van der Waals surface area contributed by atoms with E-state index < -0.39 is 0 Å². The van der Waals surface area contributed by atoms with Gasteiger partial charge in [0.2, 0.25) is 5.91 Å². The second-order valence-electron chi connectivity index (χ2n) is 5.88. The summed E-state index contributed by atoms with van der Waals surface area (Å²) in [6, 6.07) is 15.9. The van der Waals surface area contributed by atoms with Crippen LogP contribution in [0.5, 0.6) is 17.2 Å². The highest BCUT2D eigenvalue weighted by Crippen LogP contribution is 2.26. The number of carbonyl (C=O) groups is 1. The zero-order chi connectivity index (χ0) is 19.8. The number of para-hydroxylation sites is 1. The Morgan fingerprint density at radius 2 is 1.93 bits per heavy atom. The predicted octanol–water partition coefficient (Wildman–Crippen LogP) is 4.03. The molecule has 0 saturated carbocycles. The summed E-state index contributed by atoms with van der Waals surface area (Å²) in [6.07, 6.45) is 6.34. The first-order valence-corrected chi connectivity index (χ1v) is 8.62. The van der Waals surface area contributed by atoms with Crippen LogP contribution < -0.4 is 14.8 Å². The highest BCUT2D eigenvalue weighted by molar-refractivity contribution is 6.02. The van der Waals surface area contributed by atoms with E-state index in [1.165, 1.54) is 19.3 Å². The SMILES string of the molecule is COc1ccc(/C=C/C(=O)Nc2ccccc2COc2ccncc2)cc1O. The van der Waals surface area contributed by atoms with Gasteiger partial charge in [-0.25, -0.2) is 0 Å². The molecule has 2 aromatic carbocycles. The first-order valence-electron chi connectivity index (χ1n) is 8.62. The summed E-state index contributed by atoms with van der Waals surface area (Å²) < 4.78 is 10.7. The number of amides is 1. The van der Waals surface area contributed by atoms with Gasteiger partial charge in [0, 0.05) is 29.7 Å². The van der Waals surface area contributed by atoms with Gasteiger partial charge >= 0.3 is 0 Å². The van der Waals surface area contributed by atoms with E-state index >= 15 is 0 Å². The Balaban J connectivity index is 1.64. The van der Waals surface area contributed by atoms with Gasteiger partial charge in [0.05, 0.1) is 7.11 Å². The van der Waals surface area contributed by atoms with Crippen LogP contribution in [0.4, 0.5) is 5.69 Å². The highest BCUT2D eigenvalue weighted by atomic mass is 16.5. The summed E-state index contributed by atoms with van der Waals surface area (Å²) in [5, 5.41) is 12.7. The van der Waals surface area contributed by atoms with Crippen LogP contribution in [0.2, 0.25) is 0 Å². The molecule has 1 aromatic heterocycles. The molecule has 0 spiro atoms. The second kappa shape index (κ2) is 9.23. The van der Waals surface area contributed by atoms with Crippen LogP contribution in [0.25, 0.3) is 6.08 Å². The van der Waals surface area contributed by atoms with Crippen LogP contribution in [0.15, 0.2) is 73.1 Å². The van der Waals surface area contributed by atoms with Gasteiger partial charge in [-0.15, -0.1) is 0 Å². The molecule has 28 heavy (non-hydrogen) atoms. The molecule has 3 aromatic rings. The van der Waals surface area contributed by atoms with Crippen LogP contribution in [0.1, 0.15) is 11.1 Å². The molecule has 0 atom stereocenters. The molecule has 142 valence electrons. The number of rotatable bonds is 7. The van der Waals surface area contributed by atoms with Crippen molar-refractivity contribution in [3.8, 4) is 17.2 Å². The number of carbonyl (C=O) groups excluding carboxylic acids is 1. The van der Waals surface area contributed by atoms with Crippen molar-refractivity contribution in [2.24, 2.45) is 0 Å². The summed E-state index contributed by atoms with van der Waals surface area (Å²) in [6.45, 7) is 0.316. The molecule has 0 aliphatic rings. The number of aromatic nitrogens is 1. The summed E-state index contributed by atoms with van der Waals surface area (Å²) in [4.78, 5) is 16.2.